The maximum absolute atomic E-state index is 12.2. The number of aromatic nitrogens is 3. The van der Waals surface area contributed by atoms with Crippen LogP contribution in [-0.2, 0) is 4.79 Å². The molecule has 4 rings (SSSR count). The Balaban J connectivity index is 1.44. The van der Waals surface area contributed by atoms with Crippen molar-refractivity contribution in [3.63, 3.8) is 0 Å². The Labute approximate surface area is 193 Å². The first kappa shape index (κ1) is 21.8. The minimum atomic E-state index is -0.492. The van der Waals surface area contributed by atoms with Crippen molar-refractivity contribution < 1.29 is 9.72 Å². The van der Waals surface area contributed by atoms with Gasteiger partial charge < -0.3 is 5.32 Å². The third-order valence-electron chi connectivity index (χ3n) is 4.71. The Morgan fingerprint density at radius 3 is 2.52 bits per heavy atom. The van der Waals surface area contributed by atoms with Crippen molar-refractivity contribution in [1.82, 2.24) is 20.3 Å². The van der Waals surface area contributed by atoms with Gasteiger partial charge in [-0.3, -0.25) is 20.2 Å². The third kappa shape index (κ3) is 5.25. The molecule has 3 aromatic carbocycles. The van der Waals surface area contributed by atoms with Gasteiger partial charge in [-0.15, -0.1) is 10.2 Å². The molecule has 0 bridgehead atoms. The maximum Gasteiger partial charge on any atom is 0.270 e. The number of nitro groups is 1. The molecular formula is C23H18N6O3S. The number of hydrogen-bond donors (Lipinski definition) is 2. The van der Waals surface area contributed by atoms with Crippen LogP contribution in [0.15, 0.2) is 72.8 Å². The van der Waals surface area contributed by atoms with E-state index in [1.54, 1.807) is 16.9 Å². The summed E-state index contributed by atoms with van der Waals surface area (Å²) in [6.45, 7) is 1.90. The van der Waals surface area contributed by atoms with Crippen molar-refractivity contribution in [3.05, 3.63) is 94.0 Å². The standard InChI is InChI=1S/C23H18N6O3S/c1-15-12-20-21(27-28(26-20)17-7-3-2-4-8-17)14-19(15)24-23(33)25-22(30)11-10-16-6-5-9-18(13-16)29(31)32/h2-14H,1H3,(H2,24,25,30,33). The van der Waals surface area contributed by atoms with E-state index >= 15 is 0 Å². The van der Waals surface area contributed by atoms with Crippen molar-refractivity contribution in [3.8, 4) is 5.69 Å². The molecule has 9 nitrogen and oxygen atoms in total. The van der Waals surface area contributed by atoms with Crippen LogP contribution in [0.4, 0.5) is 11.4 Å². The molecule has 164 valence electrons. The van der Waals surface area contributed by atoms with E-state index in [9.17, 15) is 14.9 Å². The second-order valence-electron chi connectivity index (χ2n) is 7.11. The number of carbonyl (C=O) groups is 1. The number of benzene rings is 3. The van der Waals surface area contributed by atoms with Gasteiger partial charge in [0.05, 0.1) is 10.6 Å². The van der Waals surface area contributed by atoms with Crippen molar-refractivity contribution in [2.24, 2.45) is 0 Å². The molecule has 33 heavy (non-hydrogen) atoms. The van der Waals surface area contributed by atoms with Crippen molar-refractivity contribution in [1.29, 1.82) is 0 Å². The van der Waals surface area contributed by atoms with E-state index in [0.29, 0.717) is 16.8 Å². The number of fused-ring (bicyclic) bond motifs is 1. The summed E-state index contributed by atoms with van der Waals surface area (Å²) >= 11 is 5.25. The molecule has 0 unspecified atom stereocenters. The van der Waals surface area contributed by atoms with Crippen LogP contribution < -0.4 is 10.6 Å². The van der Waals surface area contributed by atoms with Crippen LogP contribution in [0.1, 0.15) is 11.1 Å². The monoisotopic (exact) mass is 458 g/mol. The Hall–Kier alpha value is -4.44. The molecule has 0 saturated carbocycles. The molecule has 0 saturated heterocycles. The number of nitrogens with zero attached hydrogens (tertiary/aromatic N) is 4. The first-order chi connectivity index (χ1) is 15.9. The van der Waals surface area contributed by atoms with E-state index in [1.165, 1.54) is 24.3 Å². The summed E-state index contributed by atoms with van der Waals surface area (Å²) < 4.78 is 0. The number of carbonyl (C=O) groups excluding carboxylic acids is 1. The zero-order valence-electron chi connectivity index (χ0n) is 17.4. The average molecular weight is 459 g/mol. The number of rotatable bonds is 5. The van der Waals surface area contributed by atoms with Gasteiger partial charge in [0.2, 0.25) is 5.91 Å². The molecule has 4 aromatic rings. The highest BCUT2D eigenvalue weighted by atomic mass is 32.1. The second kappa shape index (κ2) is 9.37. The summed E-state index contributed by atoms with van der Waals surface area (Å²) in [4.78, 5) is 24.1. The smallest absolute Gasteiger partial charge is 0.270 e. The summed E-state index contributed by atoms with van der Waals surface area (Å²) in [6, 6.07) is 19.2. The summed E-state index contributed by atoms with van der Waals surface area (Å²) in [7, 11) is 0. The predicted molar refractivity (Wildman–Crippen MR) is 130 cm³/mol. The third-order valence-corrected chi connectivity index (χ3v) is 4.91. The molecule has 0 aliphatic carbocycles. The van der Waals surface area contributed by atoms with Crippen LogP contribution in [-0.4, -0.2) is 30.9 Å². The van der Waals surface area contributed by atoms with Crippen molar-refractivity contribution in [2.45, 2.75) is 6.92 Å². The largest absolute Gasteiger partial charge is 0.332 e. The van der Waals surface area contributed by atoms with Crippen molar-refractivity contribution in [2.75, 3.05) is 5.32 Å². The summed E-state index contributed by atoms with van der Waals surface area (Å²) in [5.74, 6) is -0.465. The molecule has 0 atom stereocenters. The Morgan fingerprint density at radius 2 is 1.79 bits per heavy atom. The number of nitrogens with one attached hydrogen (secondary N) is 2. The zero-order chi connectivity index (χ0) is 23.4. The lowest BCUT2D eigenvalue weighted by atomic mass is 10.2. The fourth-order valence-electron chi connectivity index (χ4n) is 3.10. The normalized spacial score (nSPS) is 10.9. The van der Waals surface area contributed by atoms with Gasteiger partial charge >= 0.3 is 0 Å². The summed E-state index contributed by atoms with van der Waals surface area (Å²) in [5, 5.41) is 25.6. The number of hydrogen-bond acceptors (Lipinski definition) is 6. The van der Waals surface area contributed by atoms with Gasteiger partial charge in [0.25, 0.3) is 5.69 Å². The second-order valence-corrected chi connectivity index (χ2v) is 7.52. The molecule has 0 fully saturated rings. The van der Waals surface area contributed by atoms with Crippen LogP contribution >= 0.6 is 12.2 Å². The lowest BCUT2D eigenvalue weighted by Gasteiger charge is -2.10. The van der Waals surface area contributed by atoms with Gasteiger partial charge in [0.15, 0.2) is 5.11 Å². The molecule has 0 aliphatic heterocycles. The minimum Gasteiger partial charge on any atom is -0.332 e. The van der Waals surface area contributed by atoms with Crippen LogP contribution in [0.5, 0.6) is 0 Å². The molecule has 0 aliphatic rings. The number of thiocarbonyl (C=S) groups is 1. The van der Waals surface area contributed by atoms with E-state index in [1.807, 2.05) is 49.4 Å². The Kier molecular flexibility index (Phi) is 6.18. The molecule has 0 radical (unpaired) electrons. The Bertz CT molecular complexity index is 1400. The number of aryl methyl sites for hydroxylation is 1. The van der Waals surface area contributed by atoms with Crippen LogP contribution in [0.25, 0.3) is 22.8 Å². The first-order valence-corrected chi connectivity index (χ1v) is 10.3. The lowest BCUT2D eigenvalue weighted by Crippen LogP contribution is -2.33. The van der Waals surface area contributed by atoms with Gasteiger partial charge in [-0.2, -0.15) is 4.80 Å². The maximum atomic E-state index is 12.2. The predicted octanol–water partition coefficient (Wildman–Crippen LogP) is 4.16. The average Bonchev–Trinajstić information content (AvgIpc) is 3.21. The molecule has 10 heteroatoms. The van der Waals surface area contributed by atoms with Crippen LogP contribution in [0, 0.1) is 17.0 Å². The minimum absolute atomic E-state index is 0.0511. The molecule has 1 aromatic heterocycles. The van der Waals surface area contributed by atoms with E-state index in [2.05, 4.69) is 20.8 Å². The van der Waals surface area contributed by atoms with E-state index in [0.717, 1.165) is 16.8 Å². The molecular weight excluding hydrogens is 440 g/mol. The van der Waals surface area contributed by atoms with Gasteiger partial charge in [-0.05, 0) is 60.6 Å². The fourth-order valence-corrected chi connectivity index (χ4v) is 3.31. The number of anilines is 1. The van der Waals surface area contributed by atoms with Crippen LogP contribution in [0.3, 0.4) is 0 Å². The van der Waals surface area contributed by atoms with Crippen LogP contribution in [0.2, 0.25) is 0 Å². The van der Waals surface area contributed by atoms with E-state index < -0.39 is 10.8 Å². The zero-order valence-corrected chi connectivity index (χ0v) is 18.2. The molecule has 2 N–H and O–H groups in total. The van der Waals surface area contributed by atoms with Crippen molar-refractivity contribution >= 4 is 51.7 Å². The highest BCUT2D eigenvalue weighted by Gasteiger charge is 2.10. The van der Waals surface area contributed by atoms with E-state index in [-0.39, 0.29) is 10.8 Å². The Morgan fingerprint density at radius 1 is 1.06 bits per heavy atom. The number of nitro benzene ring substituents is 1. The van der Waals surface area contributed by atoms with Gasteiger partial charge in [0, 0.05) is 23.9 Å². The molecule has 1 amide bonds. The van der Waals surface area contributed by atoms with Gasteiger partial charge in [0.1, 0.15) is 11.0 Å². The van der Waals surface area contributed by atoms with E-state index in [4.69, 9.17) is 12.2 Å². The number of amides is 1. The van der Waals surface area contributed by atoms with Gasteiger partial charge in [-0.1, -0.05) is 30.3 Å². The first-order valence-electron chi connectivity index (χ1n) is 9.87. The van der Waals surface area contributed by atoms with Gasteiger partial charge in [-0.25, -0.2) is 0 Å². The topological polar surface area (TPSA) is 115 Å². The summed E-state index contributed by atoms with van der Waals surface area (Å²) in [5.41, 5.74) is 4.30. The lowest BCUT2D eigenvalue weighted by molar-refractivity contribution is -0.384. The molecule has 0 spiro atoms. The summed E-state index contributed by atoms with van der Waals surface area (Å²) in [6.07, 6.45) is 2.73. The SMILES string of the molecule is Cc1cc2nn(-c3ccccc3)nc2cc1NC(=S)NC(=O)C=Cc1cccc([N+](=O)[O-])c1. The highest BCUT2D eigenvalue weighted by Crippen LogP contribution is 2.22. The number of non-ortho nitro benzene ring substituents is 1. The number of para-hydroxylation sites is 1. The fraction of sp³-hybridized carbons (Fsp3) is 0.0435. The quantitative estimate of drug-likeness (QED) is 0.200. The highest BCUT2D eigenvalue weighted by molar-refractivity contribution is 7.80. The molecule has 1 heterocycles.